The van der Waals surface area contributed by atoms with Crippen molar-refractivity contribution >= 4 is 17.5 Å². The van der Waals surface area contributed by atoms with E-state index in [1.807, 2.05) is 24.3 Å². The van der Waals surface area contributed by atoms with Gasteiger partial charge in [-0.15, -0.1) is 5.10 Å². The molecule has 0 radical (unpaired) electrons. The standard InChI is InChI=1S/C15H15N5O2/c21-12(5-7-16-14-6-8-17-19-14)10-22-15-13-4-2-1-3-11(13)9-18-20-15/h1-8,18H,9-10H2,(H2,16,17,19)/b7-5+. The van der Waals surface area contributed by atoms with Gasteiger partial charge in [-0.2, -0.15) is 5.10 Å². The van der Waals surface area contributed by atoms with Crippen LogP contribution < -0.4 is 10.7 Å². The molecule has 2 aromatic rings. The molecule has 0 aliphatic carbocycles. The molecule has 0 saturated carbocycles. The van der Waals surface area contributed by atoms with Gasteiger partial charge < -0.3 is 15.5 Å². The average molecular weight is 297 g/mol. The number of benzene rings is 1. The number of anilines is 1. The fraction of sp³-hybridized carbons (Fsp3) is 0.133. The van der Waals surface area contributed by atoms with Crippen molar-refractivity contribution in [2.45, 2.75) is 6.54 Å². The van der Waals surface area contributed by atoms with E-state index in [0.717, 1.165) is 11.1 Å². The lowest BCUT2D eigenvalue weighted by atomic mass is 10.1. The van der Waals surface area contributed by atoms with Crippen molar-refractivity contribution in [3.63, 3.8) is 0 Å². The van der Waals surface area contributed by atoms with Gasteiger partial charge >= 0.3 is 0 Å². The molecule has 3 rings (SSSR count). The number of aromatic amines is 1. The second kappa shape index (κ2) is 6.57. The zero-order chi connectivity index (χ0) is 15.2. The van der Waals surface area contributed by atoms with E-state index in [-0.39, 0.29) is 12.4 Å². The third kappa shape index (κ3) is 3.32. The number of carbonyl (C=O) groups excluding carboxylic acids is 1. The highest BCUT2D eigenvalue weighted by Gasteiger charge is 2.15. The van der Waals surface area contributed by atoms with E-state index in [1.54, 1.807) is 12.3 Å². The molecule has 22 heavy (non-hydrogen) atoms. The smallest absolute Gasteiger partial charge is 0.238 e. The van der Waals surface area contributed by atoms with Crippen LogP contribution in [0.3, 0.4) is 0 Å². The minimum atomic E-state index is -0.169. The largest absolute Gasteiger partial charge is 0.468 e. The van der Waals surface area contributed by atoms with Gasteiger partial charge in [-0.1, -0.05) is 18.2 Å². The molecule has 0 unspecified atom stereocenters. The predicted octanol–water partition coefficient (Wildman–Crippen LogP) is 1.39. The summed E-state index contributed by atoms with van der Waals surface area (Å²) in [6, 6.07) is 9.55. The number of ether oxygens (including phenoxy) is 1. The first-order valence-electron chi connectivity index (χ1n) is 6.80. The SMILES string of the molecule is O=C(/C=C/Nc1ccn[nH]1)COC1=NNCc2ccccc21. The summed E-state index contributed by atoms with van der Waals surface area (Å²) in [5.74, 6) is 0.975. The summed E-state index contributed by atoms with van der Waals surface area (Å²) in [6.45, 7) is 0.584. The first-order chi connectivity index (χ1) is 10.8. The Balaban J connectivity index is 1.53. The van der Waals surface area contributed by atoms with Crippen molar-refractivity contribution in [1.82, 2.24) is 15.6 Å². The lowest BCUT2D eigenvalue weighted by molar-refractivity contribution is -0.116. The van der Waals surface area contributed by atoms with Gasteiger partial charge in [-0.25, -0.2) is 0 Å². The van der Waals surface area contributed by atoms with Gasteiger partial charge in [-0.3, -0.25) is 9.89 Å². The zero-order valence-electron chi connectivity index (χ0n) is 11.7. The average Bonchev–Trinajstić information content (AvgIpc) is 3.06. The monoisotopic (exact) mass is 297 g/mol. The second-order valence-corrected chi connectivity index (χ2v) is 4.61. The minimum absolute atomic E-state index is 0.0734. The van der Waals surface area contributed by atoms with Crippen LogP contribution in [0.1, 0.15) is 11.1 Å². The molecular weight excluding hydrogens is 282 g/mol. The topological polar surface area (TPSA) is 91.4 Å². The van der Waals surface area contributed by atoms with Gasteiger partial charge in [0.1, 0.15) is 5.82 Å². The van der Waals surface area contributed by atoms with E-state index in [1.165, 1.54) is 12.3 Å². The summed E-state index contributed by atoms with van der Waals surface area (Å²) in [7, 11) is 0. The van der Waals surface area contributed by atoms with Gasteiger partial charge in [0.25, 0.3) is 0 Å². The van der Waals surface area contributed by atoms with Crippen molar-refractivity contribution in [2.75, 3.05) is 11.9 Å². The highest BCUT2D eigenvalue weighted by Crippen LogP contribution is 2.14. The number of H-pyrrole nitrogens is 1. The molecule has 3 N–H and O–H groups in total. The Bertz CT molecular complexity index is 706. The highest BCUT2D eigenvalue weighted by atomic mass is 16.5. The van der Waals surface area contributed by atoms with Gasteiger partial charge in [-0.05, 0) is 11.6 Å². The summed E-state index contributed by atoms with van der Waals surface area (Å²) in [4.78, 5) is 11.8. The Labute approximate surface area is 127 Å². The van der Waals surface area contributed by atoms with Crippen molar-refractivity contribution in [1.29, 1.82) is 0 Å². The summed E-state index contributed by atoms with van der Waals surface area (Å²) >= 11 is 0. The van der Waals surface area contributed by atoms with Gasteiger partial charge in [0.15, 0.2) is 12.4 Å². The predicted molar refractivity (Wildman–Crippen MR) is 82.1 cm³/mol. The van der Waals surface area contributed by atoms with Crippen LogP contribution in [-0.4, -0.2) is 28.5 Å². The summed E-state index contributed by atoms with van der Waals surface area (Å²) in [6.07, 6.45) is 4.56. The van der Waals surface area contributed by atoms with E-state index in [0.29, 0.717) is 18.3 Å². The summed E-state index contributed by atoms with van der Waals surface area (Å²) < 4.78 is 5.50. The third-order valence-corrected chi connectivity index (χ3v) is 3.06. The molecule has 1 aliphatic heterocycles. The zero-order valence-corrected chi connectivity index (χ0v) is 11.7. The molecule has 7 nitrogen and oxygen atoms in total. The number of ketones is 1. The van der Waals surface area contributed by atoms with Crippen LogP contribution in [0.15, 0.2) is 53.9 Å². The van der Waals surface area contributed by atoms with Crippen LogP contribution in [0, 0.1) is 0 Å². The number of hydrogen-bond acceptors (Lipinski definition) is 6. The number of rotatable bonds is 5. The Morgan fingerprint density at radius 3 is 3.14 bits per heavy atom. The van der Waals surface area contributed by atoms with Crippen LogP contribution in [0.25, 0.3) is 0 Å². The third-order valence-electron chi connectivity index (χ3n) is 3.06. The molecule has 7 heteroatoms. The molecule has 1 aliphatic rings. The van der Waals surface area contributed by atoms with Gasteiger partial charge in [0.05, 0.1) is 12.7 Å². The Hall–Kier alpha value is -3.09. The molecule has 0 spiro atoms. The van der Waals surface area contributed by atoms with E-state index in [9.17, 15) is 4.79 Å². The molecule has 0 fully saturated rings. The van der Waals surface area contributed by atoms with Crippen molar-refractivity contribution in [3.8, 4) is 0 Å². The fourth-order valence-corrected chi connectivity index (χ4v) is 2.00. The van der Waals surface area contributed by atoms with E-state index in [4.69, 9.17) is 4.74 Å². The maximum atomic E-state index is 11.8. The first-order valence-corrected chi connectivity index (χ1v) is 6.80. The lowest BCUT2D eigenvalue weighted by Crippen LogP contribution is -2.24. The molecule has 0 bridgehead atoms. The Morgan fingerprint density at radius 2 is 2.27 bits per heavy atom. The quantitative estimate of drug-likeness (QED) is 0.725. The fourth-order valence-electron chi connectivity index (χ4n) is 2.00. The number of nitrogens with zero attached hydrogens (tertiary/aromatic N) is 2. The summed E-state index contributed by atoms with van der Waals surface area (Å²) in [5, 5.41) is 13.5. The van der Waals surface area contributed by atoms with Crippen LogP contribution in [0.4, 0.5) is 5.82 Å². The summed E-state index contributed by atoms with van der Waals surface area (Å²) in [5.41, 5.74) is 4.89. The van der Waals surface area contributed by atoms with Gasteiger partial charge in [0, 0.05) is 23.9 Å². The molecular formula is C15H15N5O2. The number of hydrazone groups is 1. The van der Waals surface area contributed by atoms with Crippen LogP contribution in [0.5, 0.6) is 0 Å². The first kappa shape index (κ1) is 13.9. The van der Waals surface area contributed by atoms with Crippen molar-refractivity contribution < 1.29 is 9.53 Å². The van der Waals surface area contributed by atoms with E-state index >= 15 is 0 Å². The lowest BCUT2D eigenvalue weighted by Gasteiger charge is -2.17. The second-order valence-electron chi connectivity index (χ2n) is 4.61. The number of aromatic nitrogens is 2. The highest BCUT2D eigenvalue weighted by molar-refractivity contribution is 5.99. The van der Waals surface area contributed by atoms with Gasteiger partial charge in [0.2, 0.25) is 5.90 Å². The molecule has 0 saturated heterocycles. The molecule has 112 valence electrons. The minimum Gasteiger partial charge on any atom is -0.468 e. The number of hydrogen-bond donors (Lipinski definition) is 3. The molecule has 1 aromatic heterocycles. The van der Waals surface area contributed by atoms with Crippen LogP contribution in [0.2, 0.25) is 0 Å². The molecule has 0 amide bonds. The van der Waals surface area contributed by atoms with E-state index < -0.39 is 0 Å². The number of carbonyl (C=O) groups is 1. The Kier molecular flexibility index (Phi) is 4.15. The number of fused-ring (bicyclic) bond motifs is 1. The van der Waals surface area contributed by atoms with Crippen molar-refractivity contribution in [3.05, 3.63) is 59.9 Å². The molecule has 1 aromatic carbocycles. The number of nitrogens with one attached hydrogen (secondary N) is 3. The van der Waals surface area contributed by atoms with Crippen LogP contribution in [-0.2, 0) is 16.1 Å². The Morgan fingerprint density at radius 1 is 1.36 bits per heavy atom. The van der Waals surface area contributed by atoms with Crippen molar-refractivity contribution in [2.24, 2.45) is 5.10 Å². The van der Waals surface area contributed by atoms with Crippen LogP contribution >= 0.6 is 0 Å². The maximum absolute atomic E-state index is 11.8. The molecule has 2 heterocycles. The molecule has 0 atom stereocenters. The normalized spacial score (nSPS) is 13.2. The maximum Gasteiger partial charge on any atom is 0.238 e. The van der Waals surface area contributed by atoms with E-state index in [2.05, 4.69) is 26.0 Å².